The first-order valence-electron chi connectivity index (χ1n) is 3.31. The molecule has 0 saturated heterocycles. The van der Waals surface area contributed by atoms with Gasteiger partial charge in [-0.05, 0) is 0 Å². The van der Waals surface area contributed by atoms with Crippen molar-refractivity contribution in [3.8, 4) is 0 Å². The minimum atomic E-state index is -1.86. The molecule has 2 heterocycles. The van der Waals surface area contributed by atoms with Crippen LogP contribution in [0.15, 0.2) is 45.6 Å². The van der Waals surface area contributed by atoms with Crippen LogP contribution in [0.1, 0.15) is 0 Å². The van der Waals surface area contributed by atoms with Crippen molar-refractivity contribution in [2.24, 2.45) is 0 Å². The second-order valence-corrected chi connectivity index (χ2v) is 7.47. The molecular weight excluding hydrogens is 290 g/mol. The van der Waals surface area contributed by atoms with E-state index in [9.17, 15) is 0 Å². The number of rotatable bonds is 2. The molecule has 0 bridgehead atoms. The molecule has 2 aromatic heterocycles. The molecule has 0 aromatic carbocycles. The van der Waals surface area contributed by atoms with Gasteiger partial charge in [0.25, 0.3) is 0 Å². The topological polar surface area (TPSA) is 26.3 Å². The number of furan rings is 2. The van der Waals surface area contributed by atoms with Crippen molar-refractivity contribution < 1.29 is 8.83 Å². The molecule has 2 aromatic rings. The molecule has 0 fully saturated rings. The Bertz CT molecular complexity index is 294. The van der Waals surface area contributed by atoms with Gasteiger partial charge in [-0.25, -0.2) is 0 Å². The van der Waals surface area contributed by atoms with E-state index < -0.39 is 18.7 Å². The Labute approximate surface area is 80.6 Å². The van der Waals surface area contributed by atoms with Crippen molar-refractivity contribution in [3.05, 3.63) is 44.3 Å². The third-order valence-corrected chi connectivity index (χ3v) is 6.28. The molecule has 2 rings (SSSR count). The van der Waals surface area contributed by atoms with Crippen molar-refractivity contribution in [1.82, 2.24) is 0 Å². The van der Waals surface area contributed by atoms with Crippen molar-refractivity contribution in [3.63, 3.8) is 0 Å². The van der Waals surface area contributed by atoms with E-state index >= 15 is 0 Å². The van der Waals surface area contributed by atoms with Crippen molar-refractivity contribution >= 4 is 27.6 Å². The Morgan fingerprint density at radius 2 is 1.50 bits per heavy atom. The van der Waals surface area contributed by atoms with Crippen LogP contribution < -0.4 is 0 Å². The second kappa shape index (κ2) is 3.53. The molecule has 0 unspecified atom stereocenters. The summed E-state index contributed by atoms with van der Waals surface area (Å²) >= 11 is -1.86. The molecule has 0 aliphatic carbocycles. The fraction of sp³-hybridized carbons (Fsp3) is 0. The average molecular weight is 296 g/mol. The molecule has 0 spiro atoms. The summed E-state index contributed by atoms with van der Waals surface area (Å²) in [6.07, 6.45) is 3.26. The van der Waals surface area contributed by atoms with Crippen molar-refractivity contribution in [1.29, 1.82) is 0 Å². The molecule has 0 N–H and O–H groups in total. The van der Waals surface area contributed by atoms with Crippen LogP contribution in [0.4, 0.5) is 0 Å². The van der Waals surface area contributed by atoms with E-state index in [4.69, 9.17) is 17.7 Å². The van der Waals surface area contributed by atoms with Crippen molar-refractivity contribution in [2.75, 3.05) is 0 Å². The van der Waals surface area contributed by atoms with Gasteiger partial charge in [0.15, 0.2) is 0 Å². The fourth-order valence-corrected chi connectivity index (χ4v) is 4.20. The first kappa shape index (κ1) is 8.19. The van der Waals surface area contributed by atoms with E-state index in [0.717, 1.165) is 7.53 Å². The number of hydrogen-bond donors (Lipinski definition) is 0. The zero-order chi connectivity index (χ0) is 8.39. The molecule has 0 aliphatic heterocycles. The van der Waals surface area contributed by atoms with E-state index in [0.29, 0.717) is 0 Å². The summed E-state index contributed by atoms with van der Waals surface area (Å²) in [5, 5.41) is 0. The van der Waals surface area contributed by atoms with E-state index in [-0.39, 0.29) is 0 Å². The minimum absolute atomic E-state index is 0.857. The van der Waals surface area contributed by atoms with Crippen LogP contribution in [-0.4, -0.2) is 0 Å². The molecule has 4 heteroatoms. The molecule has 0 aliphatic rings. The summed E-state index contributed by atoms with van der Waals surface area (Å²) in [5.41, 5.74) is 0. The van der Waals surface area contributed by atoms with E-state index in [1.165, 1.54) is 0 Å². The quantitative estimate of drug-likeness (QED) is 0.792. The standard InChI is InChI=1S/C8H6ClIO2/c9-10(7-3-1-5-11-7)8-4-2-6-12-8/h1-6H. The molecule has 2 nitrogen and oxygen atoms in total. The van der Waals surface area contributed by atoms with Gasteiger partial charge in [-0.1, -0.05) is 0 Å². The van der Waals surface area contributed by atoms with Gasteiger partial charge in [0, 0.05) is 0 Å². The molecule has 0 atom stereocenters. The molecule has 12 heavy (non-hydrogen) atoms. The van der Waals surface area contributed by atoms with Gasteiger partial charge in [0.05, 0.1) is 0 Å². The Morgan fingerprint density at radius 3 is 1.83 bits per heavy atom. The van der Waals surface area contributed by atoms with Crippen LogP contribution in [0.5, 0.6) is 0 Å². The third-order valence-electron chi connectivity index (χ3n) is 1.30. The normalized spacial score (nSPS) is 11.6. The van der Waals surface area contributed by atoms with Crippen LogP contribution in [-0.2, 0) is 0 Å². The van der Waals surface area contributed by atoms with Crippen LogP contribution >= 0.6 is 27.6 Å². The van der Waals surface area contributed by atoms with Crippen LogP contribution in [0, 0.1) is 7.53 Å². The maximum absolute atomic E-state index is 6.18. The summed E-state index contributed by atoms with van der Waals surface area (Å²) in [6.45, 7) is 0. The first-order valence-corrected chi connectivity index (χ1v) is 8.20. The van der Waals surface area contributed by atoms with Gasteiger partial charge in [-0.15, -0.1) is 0 Å². The van der Waals surface area contributed by atoms with Gasteiger partial charge in [0.1, 0.15) is 0 Å². The van der Waals surface area contributed by atoms with Crippen molar-refractivity contribution in [2.45, 2.75) is 0 Å². The molecular formula is C8H6ClIO2. The average Bonchev–Trinajstić information content (AvgIpc) is 2.77. The number of hydrogen-bond acceptors (Lipinski definition) is 2. The zero-order valence-electron chi connectivity index (χ0n) is 6.04. The molecule has 0 radical (unpaired) electrons. The van der Waals surface area contributed by atoms with E-state index in [1.807, 2.05) is 24.3 Å². The Hall–Kier alpha value is -0.420. The predicted octanol–water partition coefficient (Wildman–Crippen LogP) is 3.57. The van der Waals surface area contributed by atoms with Crippen LogP contribution in [0.3, 0.4) is 0 Å². The number of halogens is 2. The SMILES string of the molecule is ClI(c1ccco1)c1ccco1. The first-order chi connectivity index (χ1) is 5.88. The molecule has 0 saturated carbocycles. The van der Waals surface area contributed by atoms with Crippen LogP contribution in [0.25, 0.3) is 0 Å². The monoisotopic (exact) mass is 296 g/mol. The fourth-order valence-electron chi connectivity index (χ4n) is 0.798. The van der Waals surface area contributed by atoms with E-state index in [1.54, 1.807) is 12.5 Å². The Morgan fingerprint density at radius 1 is 1.00 bits per heavy atom. The van der Waals surface area contributed by atoms with E-state index in [2.05, 4.69) is 0 Å². The molecule has 0 amide bonds. The zero-order valence-corrected chi connectivity index (χ0v) is 8.95. The van der Waals surface area contributed by atoms with Gasteiger partial charge in [0.2, 0.25) is 0 Å². The van der Waals surface area contributed by atoms with Crippen LogP contribution in [0.2, 0.25) is 0 Å². The Balaban J connectivity index is 2.27. The predicted molar refractivity (Wildman–Crippen MR) is 54.7 cm³/mol. The van der Waals surface area contributed by atoms with Gasteiger partial charge >= 0.3 is 80.8 Å². The molecule has 64 valence electrons. The summed E-state index contributed by atoms with van der Waals surface area (Å²) in [6, 6.07) is 7.46. The third kappa shape index (κ3) is 1.51. The maximum atomic E-state index is 6.18. The Kier molecular flexibility index (Phi) is 2.41. The van der Waals surface area contributed by atoms with Gasteiger partial charge < -0.3 is 0 Å². The van der Waals surface area contributed by atoms with Gasteiger partial charge in [-0.2, -0.15) is 0 Å². The van der Waals surface area contributed by atoms with Gasteiger partial charge in [-0.3, -0.25) is 0 Å². The summed E-state index contributed by atoms with van der Waals surface area (Å²) in [7, 11) is 6.18. The second-order valence-electron chi connectivity index (χ2n) is 2.07. The summed E-state index contributed by atoms with van der Waals surface area (Å²) < 4.78 is 12.1. The summed E-state index contributed by atoms with van der Waals surface area (Å²) in [5.74, 6) is 0. The summed E-state index contributed by atoms with van der Waals surface area (Å²) in [4.78, 5) is 0.